The standard InChI is InChI=1S/C25H25N3O3S.ClH/c1-25(2,3)24(29)28(32(4,30)31)18-15-13-17(14-16-18)26-23-19-9-5-7-11-21(19)27-22-12-8-6-10-20(22)23;/h5-16H,1-4H3,(H,26,27);1H. The van der Waals surface area contributed by atoms with Crippen LogP contribution in [-0.2, 0) is 14.8 Å². The van der Waals surface area contributed by atoms with Crippen LogP contribution in [0.3, 0.4) is 0 Å². The number of sulfonamides is 1. The summed E-state index contributed by atoms with van der Waals surface area (Å²) < 4.78 is 25.6. The van der Waals surface area contributed by atoms with Crippen LogP contribution in [0.5, 0.6) is 0 Å². The number of para-hydroxylation sites is 2. The molecule has 1 N–H and O–H groups in total. The molecule has 0 aliphatic carbocycles. The molecule has 0 saturated carbocycles. The first kappa shape index (κ1) is 24.5. The van der Waals surface area contributed by atoms with Gasteiger partial charge in [-0.2, -0.15) is 0 Å². The molecule has 172 valence electrons. The maximum atomic E-state index is 12.8. The number of benzene rings is 3. The minimum absolute atomic E-state index is 0. The summed E-state index contributed by atoms with van der Waals surface area (Å²) in [6, 6.07) is 22.6. The van der Waals surface area contributed by atoms with Gasteiger partial charge >= 0.3 is 0 Å². The quantitative estimate of drug-likeness (QED) is 0.366. The predicted molar refractivity (Wildman–Crippen MR) is 138 cm³/mol. The molecule has 1 amide bonds. The summed E-state index contributed by atoms with van der Waals surface area (Å²) in [6.07, 6.45) is 1.04. The molecule has 0 atom stereocenters. The number of amides is 1. The van der Waals surface area contributed by atoms with E-state index in [9.17, 15) is 13.2 Å². The van der Waals surface area contributed by atoms with E-state index in [1.807, 2.05) is 48.5 Å². The number of nitrogens with one attached hydrogen (secondary N) is 1. The number of hydrogen-bond donors (Lipinski definition) is 1. The lowest BCUT2D eigenvalue weighted by Gasteiger charge is -2.27. The van der Waals surface area contributed by atoms with Crippen LogP contribution in [-0.4, -0.2) is 25.6 Å². The van der Waals surface area contributed by atoms with Crippen LogP contribution < -0.4 is 9.62 Å². The fraction of sp³-hybridized carbons (Fsp3) is 0.200. The number of rotatable bonds is 4. The Kier molecular flexibility index (Phi) is 6.68. The van der Waals surface area contributed by atoms with Gasteiger partial charge in [-0.3, -0.25) is 4.79 Å². The second kappa shape index (κ2) is 9.00. The van der Waals surface area contributed by atoms with E-state index in [-0.39, 0.29) is 12.4 Å². The van der Waals surface area contributed by atoms with E-state index in [0.29, 0.717) is 5.69 Å². The number of anilines is 3. The summed E-state index contributed by atoms with van der Waals surface area (Å²) in [6.45, 7) is 5.09. The summed E-state index contributed by atoms with van der Waals surface area (Å²) in [5, 5.41) is 5.43. The van der Waals surface area contributed by atoms with Gasteiger partial charge in [-0.1, -0.05) is 57.2 Å². The molecule has 3 aromatic carbocycles. The van der Waals surface area contributed by atoms with Crippen molar-refractivity contribution in [2.45, 2.75) is 20.8 Å². The topological polar surface area (TPSA) is 79.4 Å². The molecular formula is C25H26ClN3O3S. The molecular weight excluding hydrogens is 458 g/mol. The lowest BCUT2D eigenvalue weighted by Crippen LogP contribution is -2.43. The Bertz CT molecular complexity index is 1380. The Balaban J connectivity index is 0.00000306. The third-order valence-corrected chi connectivity index (χ3v) is 6.16. The highest BCUT2D eigenvalue weighted by atomic mass is 35.5. The van der Waals surface area contributed by atoms with Crippen LogP contribution in [0.2, 0.25) is 0 Å². The van der Waals surface area contributed by atoms with E-state index in [0.717, 1.165) is 43.7 Å². The van der Waals surface area contributed by atoms with Crippen molar-refractivity contribution < 1.29 is 13.2 Å². The van der Waals surface area contributed by atoms with Crippen LogP contribution >= 0.6 is 12.4 Å². The lowest BCUT2D eigenvalue weighted by atomic mass is 9.95. The third-order valence-electron chi connectivity index (χ3n) is 5.12. The van der Waals surface area contributed by atoms with E-state index in [1.165, 1.54) is 0 Å². The van der Waals surface area contributed by atoms with Crippen molar-refractivity contribution in [1.29, 1.82) is 0 Å². The van der Waals surface area contributed by atoms with Gasteiger partial charge in [0.15, 0.2) is 0 Å². The van der Waals surface area contributed by atoms with Crippen molar-refractivity contribution in [3.63, 3.8) is 0 Å². The van der Waals surface area contributed by atoms with Gasteiger partial charge in [-0.25, -0.2) is 17.7 Å². The molecule has 1 aromatic heterocycles. The van der Waals surface area contributed by atoms with Crippen molar-refractivity contribution in [3.8, 4) is 0 Å². The molecule has 0 aliphatic rings. The van der Waals surface area contributed by atoms with E-state index < -0.39 is 21.3 Å². The Hall–Kier alpha value is -3.16. The summed E-state index contributed by atoms with van der Waals surface area (Å²) >= 11 is 0. The van der Waals surface area contributed by atoms with Crippen LogP contribution in [0.15, 0.2) is 72.8 Å². The van der Waals surface area contributed by atoms with Gasteiger partial charge in [0, 0.05) is 21.9 Å². The first-order chi connectivity index (χ1) is 15.1. The van der Waals surface area contributed by atoms with Gasteiger partial charge in [-0.05, 0) is 36.4 Å². The number of pyridine rings is 1. The van der Waals surface area contributed by atoms with Crippen molar-refractivity contribution in [1.82, 2.24) is 4.98 Å². The summed E-state index contributed by atoms with van der Waals surface area (Å²) in [5.74, 6) is -0.480. The Morgan fingerprint density at radius 3 is 1.79 bits per heavy atom. The minimum atomic E-state index is -3.77. The highest BCUT2D eigenvalue weighted by Gasteiger charge is 2.34. The van der Waals surface area contributed by atoms with Crippen LogP contribution in [0, 0.1) is 5.41 Å². The number of hydrogen-bond acceptors (Lipinski definition) is 5. The van der Waals surface area contributed by atoms with Gasteiger partial charge in [-0.15, -0.1) is 12.4 Å². The van der Waals surface area contributed by atoms with E-state index in [4.69, 9.17) is 4.98 Å². The number of fused-ring (bicyclic) bond motifs is 2. The second-order valence-electron chi connectivity index (χ2n) is 8.78. The molecule has 0 unspecified atom stereocenters. The summed E-state index contributed by atoms with van der Waals surface area (Å²) in [4.78, 5) is 17.5. The fourth-order valence-corrected chi connectivity index (χ4v) is 4.64. The normalized spacial score (nSPS) is 11.8. The highest BCUT2D eigenvalue weighted by Crippen LogP contribution is 2.34. The molecule has 4 aromatic rings. The van der Waals surface area contributed by atoms with Crippen molar-refractivity contribution in [2.75, 3.05) is 15.9 Å². The average molecular weight is 484 g/mol. The Labute approximate surface area is 200 Å². The lowest BCUT2D eigenvalue weighted by molar-refractivity contribution is -0.124. The van der Waals surface area contributed by atoms with Gasteiger partial charge < -0.3 is 5.32 Å². The predicted octanol–water partition coefficient (Wildman–Crippen LogP) is 5.89. The zero-order chi connectivity index (χ0) is 23.1. The van der Waals surface area contributed by atoms with Gasteiger partial charge in [0.1, 0.15) is 0 Å². The van der Waals surface area contributed by atoms with Crippen molar-refractivity contribution >= 4 is 67.2 Å². The fourth-order valence-electron chi connectivity index (χ4n) is 3.56. The Morgan fingerprint density at radius 2 is 1.33 bits per heavy atom. The van der Waals surface area contributed by atoms with E-state index in [1.54, 1.807) is 45.0 Å². The Morgan fingerprint density at radius 1 is 0.848 bits per heavy atom. The van der Waals surface area contributed by atoms with Gasteiger partial charge in [0.05, 0.1) is 28.7 Å². The van der Waals surface area contributed by atoms with Crippen molar-refractivity contribution in [3.05, 3.63) is 72.8 Å². The zero-order valence-corrected chi connectivity index (χ0v) is 20.5. The summed E-state index contributed by atoms with van der Waals surface area (Å²) in [7, 11) is -3.77. The van der Waals surface area contributed by atoms with E-state index >= 15 is 0 Å². The molecule has 0 fully saturated rings. The number of aromatic nitrogens is 1. The first-order valence-corrected chi connectivity index (χ1v) is 12.1. The average Bonchev–Trinajstić information content (AvgIpc) is 2.73. The minimum Gasteiger partial charge on any atom is -0.354 e. The molecule has 4 rings (SSSR count). The van der Waals surface area contributed by atoms with Gasteiger partial charge in [0.25, 0.3) is 0 Å². The molecule has 33 heavy (non-hydrogen) atoms. The highest BCUT2D eigenvalue weighted by molar-refractivity contribution is 7.92. The maximum absolute atomic E-state index is 12.8. The number of carbonyl (C=O) groups excluding carboxylic acids is 1. The van der Waals surface area contributed by atoms with Gasteiger partial charge in [0.2, 0.25) is 15.9 Å². The summed E-state index contributed by atoms with van der Waals surface area (Å²) in [5.41, 5.74) is 2.92. The number of carbonyl (C=O) groups is 1. The molecule has 0 bridgehead atoms. The maximum Gasteiger partial charge on any atom is 0.246 e. The van der Waals surface area contributed by atoms with Crippen LogP contribution in [0.25, 0.3) is 21.8 Å². The monoisotopic (exact) mass is 483 g/mol. The number of halogens is 1. The smallest absolute Gasteiger partial charge is 0.246 e. The molecule has 6 nitrogen and oxygen atoms in total. The molecule has 0 saturated heterocycles. The molecule has 0 aliphatic heterocycles. The largest absolute Gasteiger partial charge is 0.354 e. The van der Waals surface area contributed by atoms with Crippen molar-refractivity contribution in [2.24, 2.45) is 5.41 Å². The second-order valence-corrected chi connectivity index (χ2v) is 10.6. The molecule has 0 spiro atoms. The van der Waals surface area contributed by atoms with Crippen LogP contribution in [0.1, 0.15) is 20.8 Å². The zero-order valence-electron chi connectivity index (χ0n) is 18.9. The van der Waals surface area contributed by atoms with E-state index in [2.05, 4.69) is 5.32 Å². The number of nitrogens with zero attached hydrogens (tertiary/aromatic N) is 2. The molecule has 0 radical (unpaired) electrons. The third kappa shape index (κ3) is 4.94. The van der Waals surface area contributed by atoms with Crippen LogP contribution in [0.4, 0.5) is 17.1 Å². The first-order valence-electron chi connectivity index (χ1n) is 10.2. The molecule has 8 heteroatoms. The molecule has 1 heterocycles. The SMILES string of the molecule is CC(C)(C)C(=O)N(c1ccc(Nc2c3ccccc3nc3ccccc23)cc1)S(C)(=O)=O.Cl.